The number of halogens is 3. The van der Waals surface area contributed by atoms with Crippen molar-refractivity contribution in [3.05, 3.63) is 35.4 Å². The van der Waals surface area contributed by atoms with Crippen molar-refractivity contribution in [2.45, 2.75) is 43.8 Å². The molecule has 0 radical (unpaired) electrons. The fraction of sp³-hybridized carbons (Fsp3) is 0.467. The monoisotopic (exact) mass is 315 g/mol. The van der Waals surface area contributed by atoms with E-state index in [2.05, 4.69) is 5.32 Å². The number of alkyl halides is 3. The van der Waals surface area contributed by atoms with Crippen molar-refractivity contribution in [1.29, 1.82) is 0 Å². The second kappa shape index (κ2) is 5.98. The highest BCUT2D eigenvalue weighted by molar-refractivity contribution is 5.95. The fourth-order valence-corrected chi connectivity index (χ4v) is 2.81. The summed E-state index contributed by atoms with van der Waals surface area (Å²) in [5.41, 5.74) is -1.54. The Kier molecular flexibility index (Phi) is 4.44. The lowest BCUT2D eigenvalue weighted by atomic mass is 9.92. The summed E-state index contributed by atoms with van der Waals surface area (Å²) in [6, 6.07) is 3.88. The van der Waals surface area contributed by atoms with Gasteiger partial charge in [0.05, 0.1) is 17.5 Å². The third kappa shape index (κ3) is 3.78. The molecular formula is C15H16F3NO3. The Hall–Kier alpha value is -2.05. The second-order valence-electron chi connectivity index (χ2n) is 5.59. The molecule has 2 rings (SSSR count). The molecule has 120 valence electrons. The Bertz CT molecular complexity index is 560. The summed E-state index contributed by atoms with van der Waals surface area (Å²) in [5, 5.41) is 11.7. The van der Waals surface area contributed by atoms with E-state index >= 15 is 0 Å². The minimum absolute atomic E-state index is 0.0877. The summed E-state index contributed by atoms with van der Waals surface area (Å²) >= 11 is 0. The molecule has 0 aromatic heterocycles. The van der Waals surface area contributed by atoms with Crippen LogP contribution < -0.4 is 5.32 Å². The first-order valence-corrected chi connectivity index (χ1v) is 6.93. The lowest BCUT2D eigenvalue weighted by Gasteiger charge is -2.28. The number of carboxylic acid groups (broad SMARTS) is 1. The molecule has 0 bridgehead atoms. The van der Waals surface area contributed by atoms with E-state index in [4.69, 9.17) is 5.11 Å². The SMILES string of the molecule is O=C(O)CC1(NC(=O)c2ccc(C(F)(F)F)cc2)CCCC1. The molecule has 2 N–H and O–H groups in total. The maximum Gasteiger partial charge on any atom is 0.416 e. The molecule has 22 heavy (non-hydrogen) atoms. The number of nitrogens with one attached hydrogen (secondary N) is 1. The van der Waals surface area contributed by atoms with Crippen LogP contribution in [-0.2, 0) is 11.0 Å². The van der Waals surface area contributed by atoms with Gasteiger partial charge in [-0.2, -0.15) is 13.2 Å². The van der Waals surface area contributed by atoms with Crippen LogP contribution in [-0.4, -0.2) is 22.5 Å². The van der Waals surface area contributed by atoms with Gasteiger partial charge in [-0.1, -0.05) is 12.8 Å². The second-order valence-corrected chi connectivity index (χ2v) is 5.59. The number of rotatable bonds is 4. The van der Waals surface area contributed by atoms with Crippen molar-refractivity contribution in [3.8, 4) is 0 Å². The van der Waals surface area contributed by atoms with Gasteiger partial charge in [0.2, 0.25) is 0 Å². The highest BCUT2D eigenvalue weighted by Gasteiger charge is 2.37. The number of hydrogen-bond donors (Lipinski definition) is 2. The van der Waals surface area contributed by atoms with Gasteiger partial charge in [-0.15, -0.1) is 0 Å². The summed E-state index contributed by atoms with van der Waals surface area (Å²) in [6.45, 7) is 0. The molecule has 0 atom stereocenters. The molecule has 1 aromatic rings. The molecule has 0 saturated heterocycles. The van der Waals surface area contributed by atoms with Gasteiger partial charge in [0.15, 0.2) is 0 Å². The normalized spacial score (nSPS) is 17.2. The van der Waals surface area contributed by atoms with E-state index < -0.39 is 29.2 Å². The quantitative estimate of drug-likeness (QED) is 0.896. The maximum absolute atomic E-state index is 12.5. The Morgan fingerprint density at radius 3 is 2.14 bits per heavy atom. The standard InChI is InChI=1S/C15H16F3NO3/c16-15(17,18)11-5-3-10(4-6-11)13(22)19-14(9-12(20)21)7-1-2-8-14/h3-6H,1-2,7-9H2,(H,19,22)(H,20,21). The first-order chi connectivity index (χ1) is 10.2. The molecule has 7 heteroatoms. The molecule has 1 saturated carbocycles. The fourth-order valence-electron chi connectivity index (χ4n) is 2.81. The Balaban J connectivity index is 2.12. The van der Waals surface area contributed by atoms with Gasteiger partial charge in [0, 0.05) is 5.56 Å². The number of carboxylic acids is 1. The number of hydrogen-bond acceptors (Lipinski definition) is 2. The number of carbonyl (C=O) groups is 2. The van der Waals surface area contributed by atoms with Crippen LogP contribution in [0.15, 0.2) is 24.3 Å². The van der Waals surface area contributed by atoms with Crippen LogP contribution in [0, 0.1) is 0 Å². The van der Waals surface area contributed by atoms with Crippen LogP contribution in [0.4, 0.5) is 13.2 Å². The third-order valence-corrected chi connectivity index (χ3v) is 3.90. The first-order valence-electron chi connectivity index (χ1n) is 6.93. The van der Waals surface area contributed by atoms with Crippen molar-refractivity contribution in [2.75, 3.05) is 0 Å². The smallest absolute Gasteiger partial charge is 0.416 e. The average Bonchev–Trinajstić information content (AvgIpc) is 2.85. The third-order valence-electron chi connectivity index (χ3n) is 3.90. The van der Waals surface area contributed by atoms with Crippen molar-refractivity contribution in [2.24, 2.45) is 0 Å². The lowest BCUT2D eigenvalue weighted by molar-refractivity contribution is -0.139. The van der Waals surface area contributed by atoms with Crippen LogP contribution in [0.2, 0.25) is 0 Å². The maximum atomic E-state index is 12.5. The summed E-state index contributed by atoms with van der Waals surface area (Å²) in [6.07, 6.45) is -1.87. The van der Waals surface area contributed by atoms with Crippen molar-refractivity contribution in [1.82, 2.24) is 5.32 Å². The molecular weight excluding hydrogens is 299 g/mol. The number of aliphatic carboxylic acids is 1. The van der Waals surface area contributed by atoms with E-state index in [0.29, 0.717) is 12.8 Å². The van der Waals surface area contributed by atoms with E-state index in [0.717, 1.165) is 37.1 Å². The van der Waals surface area contributed by atoms with E-state index in [1.165, 1.54) is 0 Å². The van der Waals surface area contributed by atoms with E-state index in [9.17, 15) is 22.8 Å². The highest BCUT2D eigenvalue weighted by Crippen LogP contribution is 2.33. The molecule has 0 heterocycles. The Morgan fingerprint density at radius 2 is 1.68 bits per heavy atom. The largest absolute Gasteiger partial charge is 0.481 e. The minimum Gasteiger partial charge on any atom is -0.481 e. The highest BCUT2D eigenvalue weighted by atomic mass is 19.4. The van der Waals surface area contributed by atoms with E-state index in [-0.39, 0.29) is 12.0 Å². The molecule has 1 aliphatic rings. The summed E-state index contributed by atoms with van der Waals surface area (Å²) < 4.78 is 37.5. The lowest BCUT2D eigenvalue weighted by Crippen LogP contribution is -2.47. The molecule has 1 aliphatic carbocycles. The van der Waals surface area contributed by atoms with Gasteiger partial charge in [0.25, 0.3) is 5.91 Å². The van der Waals surface area contributed by atoms with Crippen LogP contribution in [0.25, 0.3) is 0 Å². The van der Waals surface area contributed by atoms with E-state index in [1.807, 2.05) is 0 Å². The van der Waals surface area contributed by atoms with Crippen LogP contribution in [0.1, 0.15) is 48.0 Å². The number of amides is 1. The molecule has 1 amide bonds. The van der Waals surface area contributed by atoms with Gasteiger partial charge in [-0.25, -0.2) is 0 Å². The van der Waals surface area contributed by atoms with E-state index in [1.54, 1.807) is 0 Å². The van der Waals surface area contributed by atoms with Crippen LogP contribution in [0.3, 0.4) is 0 Å². The Labute approximate surface area is 125 Å². The first kappa shape index (κ1) is 16.3. The summed E-state index contributed by atoms with van der Waals surface area (Å²) in [4.78, 5) is 23.1. The zero-order chi connectivity index (χ0) is 16.4. The zero-order valence-corrected chi connectivity index (χ0v) is 11.7. The van der Waals surface area contributed by atoms with Crippen molar-refractivity contribution in [3.63, 3.8) is 0 Å². The van der Waals surface area contributed by atoms with Gasteiger partial charge in [-0.3, -0.25) is 9.59 Å². The van der Waals surface area contributed by atoms with Gasteiger partial charge in [-0.05, 0) is 37.1 Å². The average molecular weight is 315 g/mol. The topological polar surface area (TPSA) is 66.4 Å². The minimum atomic E-state index is -4.45. The van der Waals surface area contributed by atoms with Crippen LogP contribution >= 0.6 is 0 Å². The predicted octanol–water partition coefficient (Wildman–Crippen LogP) is 3.22. The van der Waals surface area contributed by atoms with Crippen molar-refractivity contribution >= 4 is 11.9 Å². The number of benzene rings is 1. The van der Waals surface area contributed by atoms with Gasteiger partial charge in [0.1, 0.15) is 0 Å². The number of carbonyl (C=O) groups excluding carboxylic acids is 1. The van der Waals surface area contributed by atoms with Crippen LogP contribution in [0.5, 0.6) is 0 Å². The molecule has 4 nitrogen and oxygen atoms in total. The Morgan fingerprint density at radius 1 is 1.14 bits per heavy atom. The molecule has 0 aliphatic heterocycles. The zero-order valence-electron chi connectivity index (χ0n) is 11.7. The molecule has 0 unspecified atom stereocenters. The summed E-state index contributed by atoms with van der Waals surface area (Å²) in [5.74, 6) is -1.55. The predicted molar refractivity (Wildman–Crippen MR) is 72.4 cm³/mol. The van der Waals surface area contributed by atoms with Gasteiger partial charge < -0.3 is 10.4 Å². The van der Waals surface area contributed by atoms with Crippen molar-refractivity contribution < 1.29 is 27.9 Å². The molecule has 1 aromatic carbocycles. The molecule has 0 spiro atoms. The summed E-state index contributed by atoms with van der Waals surface area (Å²) in [7, 11) is 0. The van der Waals surface area contributed by atoms with Gasteiger partial charge >= 0.3 is 12.1 Å². The molecule has 1 fully saturated rings.